The SMILES string of the molecule is N=C1C=Cc2c(-c3ccc(-c4cc(-c5ccc(-c6ccccc6)cc5)nc(-c5ccc(-c6ccccc6)cc5)n4)cc3)nc3ccccc3c2C1=NS. The molecular formula is C47H31N5S. The highest BCUT2D eigenvalue weighted by Gasteiger charge is 2.24. The van der Waals surface area contributed by atoms with E-state index in [0.717, 1.165) is 78.1 Å². The zero-order chi connectivity index (χ0) is 35.7. The Balaban J connectivity index is 1.13. The molecule has 2 heterocycles. The quantitative estimate of drug-likeness (QED) is 0.170. The fourth-order valence-electron chi connectivity index (χ4n) is 6.93. The molecule has 0 saturated carbocycles. The topological polar surface area (TPSA) is 74.9 Å². The van der Waals surface area contributed by atoms with Crippen molar-refractivity contribution in [3.63, 3.8) is 0 Å². The second-order valence-electron chi connectivity index (χ2n) is 12.9. The second-order valence-corrected chi connectivity index (χ2v) is 13.1. The van der Waals surface area contributed by atoms with Crippen LogP contribution in [-0.4, -0.2) is 26.4 Å². The molecule has 0 amide bonds. The number of para-hydroxylation sites is 1. The van der Waals surface area contributed by atoms with E-state index in [2.05, 4.69) is 145 Å². The number of benzene rings is 6. The minimum atomic E-state index is 0.324. The van der Waals surface area contributed by atoms with Crippen LogP contribution >= 0.6 is 12.8 Å². The number of hydrogen-bond donors (Lipinski definition) is 2. The molecule has 1 N–H and O–H groups in total. The number of fused-ring (bicyclic) bond motifs is 3. The summed E-state index contributed by atoms with van der Waals surface area (Å²) in [7, 11) is 0. The van der Waals surface area contributed by atoms with Crippen LogP contribution in [0.2, 0.25) is 0 Å². The van der Waals surface area contributed by atoms with Crippen LogP contribution in [0.3, 0.4) is 0 Å². The summed E-state index contributed by atoms with van der Waals surface area (Å²) in [5.74, 6) is 0.657. The van der Waals surface area contributed by atoms with Gasteiger partial charge in [0, 0.05) is 38.8 Å². The number of rotatable bonds is 6. The van der Waals surface area contributed by atoms with Gasteiger partial charge in [0.15, 0.2) is 5.82 Å². The molecule has 5 nitrogen and oxygen atoms in total. The summed E-state index contributed by atoms with van der Waals surface area (Å²) in [6, 6.07) is 56.1. The second kappa shape index (κ2) is 13.8. The van der Waals surface area contributed by atoms with Crippen molar-refractivity contribution in [2.45, 2.75) is 0 Å². The number of allylic oxidation sites excluding steroid dienone is 1. The van der Waals surface area contributed by atoms with Crippen molar-refractivity contribution < 1.29 is 0 Å². The molecule has 0 spiro atoms. The van der Waals surface area contributed by atoms with Crippen LogP contribution in [-0.2, 0) is 0 Å². The largest absolute Gasteiger partial charge is 0.299 e. The third-order valence-electron chi connectivity index (χ3n) is 9.66. The average molecular weight is 698 g/mol. The Morgan fingerprint density at radius 2 is 0.925 bits per heavy atom. The zero-order valence-electron chi connectivity index (χ0n) is 28.5. The zero-order valence-corrected chi connectivity index (χ0v) is 29.4. The molecule has 6 heteroatoms. The van der Waals surface area contributed by atoms with Crippen LogP contribution in [0.25, 0.3) is 84.4 Å². The molecule has 9 rings (SSSR count). The first-order valence-electron chi connectivity index (χ1n) is 17.4. The van der Waals surface area contributed by atoms with E-state index in [1.165, 1.54) is 5.56 Å². The van der Waals surface area contributed by atoms with Gasteiger partial charge in [-0.1, -0.05) is 152 Å². The highest BCUT2D eigenvalue weighted by atomic mass is 32.1. The van der Waals surface area contributed by atoms with E-state index in [9.17, 15) is 0 Å². The maximum absolute atomic E-state index is 8.51. The van der Waals surface area contributed by atoms with Crippen LogP contribution in [0.5, 0.6) is 0 Å². The van der Waals surface area contributed by atoms with E-state index in [-0.39, 0.29) is 0 Å². The fourth-order valence-corrected chi connectivity index (χ4v) is 7.13. The van der Waals surface area contributed by atoms with E-state index in [4.69, 9.17) is 20.4 Å². The van der Waals surface area contributed by atoms with Crippen molar-refractivity contribution in [2.24, 2.45) is 4.40 Å². The van der Waals surface area contributed by atoms with Crippen molar-refractivity contribution in [2.75, 3.05) is 0 Å². The van der Waals surface area contributed by atoms with Gasteiger partial charge in [0.2, 0.25) is 0 Å². The minimum Gasteiger partial charge on any atom is -0.299 e. The monoisotopic (exact) mass is 697 g/mol. The lowest BCUT2D eigenvalue weighted by molar-refractivity contribution is 1.18. The average Bonchev–Trinajstić information content (AvgIpc) is 3.24. The lowest BCUT2D eigenvalue weighted by Crippen LogP contribution is -2.18. The summed E-state index contributed by atoms with van der Waals surface area (Å²) in [6.45, 7) is 0. The summed E-state index contributed by atoms with van der Waals surface area (Å²) >= 11 is 4.24. The Labute approximate surface area is 313 Å². The molecule has 1 aliphatic rings. The van der Waals surface area contributed by atoms with Crippen molar-refractivity contribution in [3.8, 4) is 67.4 Å². The molecule has 1 aliphatic carbocycles. The van der Waals surface area contributed by atoms with Crippen LogP contribution in [0, 0.1) is 5.41 Å². The van der Waals surface area contributed by atoms with Gasteiger partial charge in [0.05, 0.1) is 28.3 Å². The Morgan fingerprint density at radius 3 is 1.49 bits per heavy atom. The molecule has 0 saturated heterocycles. The first kappa shape index (κ1) is 32.2. The smallest absolute Gasteiger partial charge is 0.160 e. The van der Waals surface area contributed by atoms with Crippen molar-refractivity contribution in [1.82, 2.24) is 15.0 Å². The van der Waals surface area contributed by atoms with Crippen LogP contribution in [0.15, 0.2) is 174 Å². The predicted molar refractivity (Wildman–Crippen MR) is 222 cm³/mol. The van der Waals surface area contributed by atoms with Gasteiger partial charge >= 0.3 is 0 Å². The number of pyridine rings is 1. The summed E-state index contributed by atoms with van der Waals surface area (Å²) in [6.07, 6.45) is 3.71. The molecule has 0 radical (unpaired) electrons. The van der Waals surface area contributed by atoms with Gasteiger partial charge in [-0.2, -0.15) is 0 Å². The van der Waals surface area contributed by atoms with Crippen LogP contribution < -0.4 is 0 Å². The third-order valence-corrected chi connectivity index (χ3v) is 9.86. The number of nitrogens with one attached hydrogen (secondary N) is 1. The van der Waals surface area contributed by atoms with Gasteiger partial charge in [0.1, 0.15) is 5.71 Å². The maximum atomic E-state index is 8.51. The molecule has 250 valence electrons. The van der Waals surface area contributed by atoms with Gasteiger partial charge in [-0.3, -0.25) is 5.41 Å². The molecule has 0 atom stereocenters. The lowest BCUT2D eigenvalue weighted by atomic mass is 9.88. The number of nitrogens with zero attached hydrogens (tertiary/aromatic N) is 4. The lowest BCUT2D eigenvalue weighted by Gasteiger charge is -2.19. The summed E-state index contributed by atoms with van der Waals surface area (Å²) in [5, 5.41) is 9.45. The van der Waals surface area contributed by atoms with E-state index in [0.29, 0.717) is 17.2 Å². The van der Waals surface area contributed by atoms with Crippen molar-refractivity contribution in [1.29, 1.82) is 5.41 Å². The molecule has 0 aliphatic heterocycles. The molecule has 0 unspecified atom stereocenters. The van der Waals surface area contributed by atoms with Crippen LogP contribution in [0.4, 0.5) is 0 Å². The Bertz CT molecular complexity index is 2600. The number of thiol groups is 1. The van der Waals surface area contributed by atoms with E-state index in [1.807, 2.05) is 42.5 Å². The molecule has 0 fully saturated rings. The van der Waals surface area contributed by atoms with Crippen molar-refractivity contribution in [3.05, 3.63) is 181 Å². The molecule has 2 aromatic heterocycles. The van der Waals surface area contributed by atoms with Gasteiger partial charge < -0.3 is 0 Å². The van der Waals surface area contributed by atoms with Crippen molar-refractivity contribution >= 4 is 41.2 Å². The molecule has 6 aromatic carbocycles. The molecule has 0 bridgehead atoms. The predicted octanol–water partition coefficient (Wildman–Crippen LogP) is 11.7. The van der Waals surface area contributed by atoms with E-state index in [1.54, 1.807) is 6.08 Å². The first-order chi connectivity index (χ1) is 26.1. The minimum absolute atomic E-state index is 0.324. The van der Waals surface area contributed by atoms with Gasteiger partial charge in [-0.25, -0.2) is 19.3 Å². The summed E-state index contributed by atoms with van der Waals surface area (Å²) in [5.41, 5.74) is 14.5. The normalized spacial score (nSPS) is 13.0. The molecule has 53 heavy (non-hydrogen) atoms. The Hall–Kier alpha value is -6.76. The number of hydrogen-bond acceptors (Lipinski definition) is 6. The van der Waals surface area contributed by atoms with Crippen LogP contribution in [0.1, 0.15) is 11.1 Å². The Morgan fingerprint density at radius 1 is 0.453 bits per heavy atom. The Kier molecular flexibility index (Phi) is 8.35. The van der Waals surface area contributed by atoms with Gasteiger partial charge in [0.25, 0.3) is 0 Å². The summed E-state index contributed by atoms with van der Waals surface area (Å²) < 4.78 is 4.21. The molecular weight excluding hydrogens is 667 g/mol. The standard InChI is InChI=1S/C47H31N5S/c48-40-28-27-39-44(46(40)52-53)38-13-7-8-14-41(38)49-45(39)36-23-21-35(22-24-36)43-29-42(34-19-15-32(16-20-34)30-9-3-1-4-10-30)50-47(51-43)37-25-17-33(18-26-37)31-11-5-2-6-12-31/h1-29,48,53H. The van der Waals surface area contributed by atoms with Gasteiger partial charge in [-0.05, 0) is 59.4 Å². The summed E-state index contributed by atoms with van der Waals surface area (Å²) in [4.78, 5) is 15.3. The van der Waals surface area contributed by atoms with E-state index < -0.39 is 0 Å². The number of aromatic nitrogens is 3. The van der Waals surface area contributed by atoms with E-state index >= 15 is 0 Å². The highest BCUT2D eigenvalue weighted by molar-refractivity contribution is 7.79. The fraction of sp³-hybridized carbons (Fsp3) is 0. The first-order valence-corrected chi connectivity index (χ1v) is 17.8. The van der Waals surface area contributed by atoms with Gasteiger partial charge in [-0.15, -0.1) is 0 Å². The molecule has 8 aromatic rings. The third kappa shape index (κ3) is 6.15. The maximum Gasteiger partial charge on any atom is 0.160 e. The highest BCUT2D eigenvalue weighted by Crippen LogP contribution is 2.36.